The van der Waals surface area contributed by atoms with E-state index in [-0.39, 0.29) is 11.7 Å². The second-order valence-electron chi connectivity index (χ2n) is 5.32. The summed E-state index contributed by atoms with van der Waals surface area (Å²) in [5, 5.41) is 0. The molecule has 3 nitrogen and oxygen atoms in total. The molecule has 5 heteroatoms. The van der Waals surface area contributed by atoms with E-state index in [0.29, 0.717) is 12.2 Å². The molecule has 0 amide bonds. The van der Waals surface area contributed by atoms with Crippen LogP contribution in [0.15, 0.2) is 54.6 Å². The molecule has 0 saturated carbocycles. The normalized spacial score (nSPS) is 13.3. The predicted octanol–water partition coefficient (Wildman–Crippen LogP) is 5.38. The number of methoxy groups -OCH3 is 1. The van der Waals surface area contributed by atoms with Gasteiger partial charge in [-0.3, -0.25) is 9.36 Å². The largest absolute Gasteiger partial charge is 0.496 e. The minimum atomic E-state index is -3.41. The summed E-state index contributed by atoms with van der Waals surface area (Å²) in [6, 6.07) is 16.8. The fraction of sp³-hybridized carbons (Fsp3) is 0.278. The van der Waals surface area contributed by atoms with E-state index in [9.17, 15) is 9.36 Å². The monoisotopic (exact) mass is 350 g/mol. The number of aryl methyl sites for hydroxylation is 1. The zero-order valence-electron chi connectivity index (χ0n) is 13.1. The summed E-state index contributed by atoms with van der Waals surface area (Å²) >= 11 is 6.08. The number of halogens is 1. The van der Waals surface area contributed by atoms with E-state index < -0.39 is 12.0 Å². The van der Waals surface area contributed by atoms with Gasteiger partial charge in [-0.05, 0) is 48.2 Å². The maximum atomic E-state index is 12.6. The van der Waals surface area contributed by atoms with Crippen LogP contribution >= 0.6 is 17.7 Å². The Hall–Kier alpha value is -1.57. The number of unbranched alkanes of at least 4 members (excludes halogenated alkanes) is 1. The van der Waals surface area contributed by atoms with Crippen molar-refractivity contribution in [3.63, 3.8) is 0 Å². The lowest BCUT2D eigenvalue weighted by Gasteiger charge is -2.12. The van der Waals surface area contributed by atoms with Gasteiger partial charge < -0.3 is 4.74 Å². The molecule has 0 aliphatic heterocycles. The minimum absolute atomic E-state index is 0.207. The summed E-state index contributed by atoms with van der Waals surface area (Å²) in [6.07, 6.45) is 2.59. The van der Waals surface area contributed by atoms with Gasteiger partial charge in [0.05, 0.1) is 12.7 Å². The third-order valence-corrected chi connectivity index (χ3v) is 6.35. The van der Waals surface area contributed by atoms with Crippen molar-refractivity contribution < 1.29 is 14.1 Å². The van der Waals surface area contributed by atoms with E-state index in [0.717, 1.165) is 12.8 Å². The molecule has 0 spiro atoms. The zero-order chi connectivity index (χ0) is 16.7. The van der Waals surface area contributed by atoms with E-state index in [1.54, 1.807) is 24.3 Å². The standard InChI is InChI=1S/C18H20ClO3P/c1-22-17-13-6-5-12-16(17)18(20)23(19,21)14-8-7-11-15-9-3-2-4-10-15/h2-6,9-10,12-13H,7-8,11,14H2,1H3. The number of ether oxygens (including phenoxy) is 1. The van der Waals surface area contributed by atoms with E-state index in [1.165, 1.54) is 12.7 Å². The summed E-state index contributed by atoms with van der Waals surface area (Å²) in [6.45, 7) is -3.41. The van der Waals surface area contributed by atoms with Gasteiger partial charge in [0, 0.05) is 6.16 Å². The van der Waals surface area contributed by atoms with Crippen LogP contribution in [0.1, 0.15) is 28.8 Å². The average Bonchev–Trinajstić information content (AvgIpc) is 2.59. The van der Waals surface area contributed by atoms with Gasteiger partial charge in [0.25, 0.3) is 0 Å². The second kappa shape index (κ2) is 8.33. The summed E-state index contributed by atoms with van der Waals surface area (Å²) < 4.78 is 17.7. The molecule has 1 atom stereocenters. The molecule has 0 fully saturated rings. The molecule has 0 bridgehead atoms. The number of rotatable bonds is 8. The SMILES string of the molecule is COc1ccccc1C(=O)P(=O)(Cl)CCCCc1ccccc1. The fourth-order valence-corrected chi connectivity index (χ4v) is 4.40. The molecule has 2 aromatic carbocycles. The first-order valence-corrected chi connectivity index (χ1v) is 10.3. The Morgan fingerprint density at radius 1 is 1.04 bits per heavy atom. The Balaban J connectivity index is 1.93. The average molecular weight is 351 g/mol. The Kier molecular flexibility index (Phi) is 6.44. The Labute approximate surface area is 141 Å². The maximum Gasteiger partial charge on any atom is 0.239 e. The highest BCUT2D eigenvalue weighted by Gasteiger charge is 2.31. The van der Waals surface area contributed by atoms with Crippen LogP contribution < -0.4 is 4.74 Å². The maximum absolute atomic E-state index is 12.6. The van der Waals surface area contributed by atoms with Crippen LogP contribution in [0.4, 0.5) is 0 Å². The van der Waals surface area contributed by atoms with E-state index in [2.05, 4.69) is 12.1 Å². The highest BCUT2D eigenvalue weighted by Crippen LogP contribution is 2.55. The summed E-state index contributed by atoms with van der Waals surface area (Å²) in [5.74, 6) is 0.405. The molecule has 0 N–H and O–H groups in total. The lowest BCUT2D eigenvalue weighted by molar-refractivity contribution is 0.107. The Morgan fingerprint density at radius 2 is 1.70 bits per heavy atom. The molecular weight excluding hydrogens is 331 g/mol. The molecule has 0 aliphatic rings. The highest BCUT2D eigenvalue weighted by atomic mass is 35.7. The van der Waals surface area contributed by atoms with Crippen molar-refractivity contribution in [1.29, 1.82) is 0 Å². The molecule has 0 heterocycles. The fourth-order valence-electron chi connectivity index (χ4n) is 2.39. The van der Waals surface area contributed by atoms with Crippen molar-refractivity contribution in [3.8, 4) is 5.75 Å². The Bertz CT molecular complexity index is 700. The Morgan fingerprint density at radius 3 is 2.39 bits per heavy atom. The molecule has 0 aliphatic carbocycles. The van der Waals surface area contributed by atoms with E-state index in [4.69, 9.17) is 16.0 Å². The topological polar surface area (TPSA) is 43.4 Å². The number of hydrogen-bond acceptors (Lipinski definition) is 3. The van der Waals surface area contributed by atoms with Crippen molar-refractivity contribution in [2.24, 2.45) is 0 Å². The molecular formula is C18H20ClO3P. The molecule has 122 valence electrons. The van der Waals surface area contributed by atoms with Crippen molar-refractivity contribution in [3.05, 3.63) is 65.7 Å². The van der Waals surface area contributed by atoms with Crippen LogP contribution in [-0.4, -0.2) is 18.8 Å². The third-order valence-electron chi connectivity index (χ3n) is 3.64. The van der Waals surface area contributed by atoms with Crippen molar-refractivity contribution >= 4 is 23.3 Å². The van der Waals surface area contributed by atoms with Crippen LogP contribution in [0.5, 0.6) is 5.75 Å². The second-order valence-corrected chi connectivity index (χ2v) is 9.12. The number of carbonyl (C=O) groups excluding carboxylic acids is 1. The van der Waals surface area contributed by atoms with Crippen molar-refractivity contribution in [2.45, 2.75) is 19.3 Å². The summed E-state index contributed by atoms with van der Waals surface area (Å²) in [5.41, 5.74) is 1.00. The molecule has 0 radical (unpaired) electrons. The molecule has 0 saturated heterocycles. The molecule has 23 heavy (non-hydrogen) atoms. The van der Waals surface area contributed by atoms with Gasteiger partial charge in [-0.2, -0.15) is 0 Å². The molecule has 1 unspecified atom stereocenters. The smallest absolute Gasteiger partial charge is 0.239 e. The molecule has 2 rings (SSSR count). The van der Waals surface area contributed by atoms with E-state index in [1.807, 2.05) is 18.2 Å². The predicted molar refractivity (Wildman–Crippen MR) is 95.0 cm³/mol. The number of hydrogen-bond donors (Lipinski definition) is 0. The van der Waals surface area contributed by atoms with Gasteiger partial charge in [0.2, 0.25) is 12.0 Å². The lowest BCUT2D eigenvalue weighted by Crippen LogP contribution is -2.03. The van der Waals surface area contributed by atoms with Crippen LogP contribution in [0.25, 0.3) is 0 Å². The van der Waals surface area contributed by atoms with Gasteiger partial charge in [-0.25, -0.2) is 0 Å². The minimum Gasteiger partial charge on any atom is -0.496 e. The lowest BCUT2D eigenvalue weighted by atomic mass is 10.1. The van der Waals surface area contributed by atoms with Gasteiger partial charge in [0.1, 0.15) is 5.75 Å². The van der Waals surface area contributed by atoms with Crippen LogP contribution in [0, 0.1) is 0 Å². The summed E-state index contributed by atoms with van der Waals surface area (Å²) in [4.78, 5) is 12.4. The van der Waals surface area contributed by atoms with Crippen molar-refractivity contribution in [1.82, 2.24) is 0 Å². The number of benzene rings is 2. The molecule has 0 aromatic heterocycles. The third kappa shape index (κ3) is 4.95. The first-order chi connectivity index (χ1) is 11.0. The number of carbonyl (C=O) groups is 1. The van der Waals surface area contributed by atoms with Gasteiger partial charge in [0.15, 0.2) is 0 Å². The van der Waals surface area contributed by atoms with Crippen LogP contribution in [0.3, 0.4) is 0 Å². The zero-order valence-corrected chi connectivity index (χ0v) is 14.7. The highest BCUT2D eigenvalue weighted by molar-refractivity contribution is 8.02. The van der Waals surface area contributed by atoms with Crippen LogP contribution in [-0.2, 0) is 11.0 Å². The van der Waals surface area contributed by atoms with Crippen LogP contribution in [0.2, 0.25) is 0 Å². The van der Waals surface area contributed by atoms with Gasteiger partial charge in [-0.15, -0.1) is 0 Å². The summed E-state index contributed by atoms with van der Waals surface area (Å²) in [7, 11) is 1.48. The van der Waals surface area contributed by atoms with E-state index >= 15 is 0 Å². The number of para-hydroxylation sites is 1. The van der Waals surface area contributed by atoms with Crippen molar-refractivity contribution in [2.75, 3.05) is 13.3 Å². The molecule has 2 aromatic rings. The van der Waals surface area contributed by atoms with Gasteiger partial charge >= 0.3 is 0 Å². The quantitative estimate of drug-likeness (QED) is 0.474. The first-order valence-electron chi connectivity index (χ1n) is 7.55. The first kappa shape index (κ1) is 17.8. The van der Waals surface area contributed by atoms with Gasteiger partial charge in [-0.1, -0.05) is 42.5 Å².